The number of aromatic nitrogens is 1. The molecule has 0 bridgehead atoms. The fourth-order valence-electron chi connectivity index (χ4n) is 4.43. The third-order valence-corrected chi connectivity index (χ3v) is 6.35. The van der Waals surface area contributed by atoms with E-state index in [-0.39, 0.29) is 12.1 Å². The van der Waals surface area contributed by atoms with E-state index in [2.05, 4.69) is 10.3 Å². The molecule has 0 unspecified atom stereocenters. The average molecular weight is 500 g/mol. The van der Waals surface area contributed by atoms with E-state index in [0.717, 1.165) is 17.1 Å². The number of benzene rings is 2. The number of nitrogens with zero attached hydrogens (tertiary/aromatic N) is 2. The fraction of sp³-hybridized carbons (Fsp3) is 0.179. The van der Waals surface area contributed by atoms with Gasteiger partial charge < -0.3 is 24.1 Å². The lowest BCUT2D eigenvalue weighted by Gasteiger charge is -2.26. The van der Waals surface area contributed by atoms with Crippen LogP contribution in [0, 0.1) is 0 Å². The zero-order valence-electron chi connectivity index (χ0n) is 19.9. The van der Waals surface area contributed by atoms with Crippen LogP contribution in [0.3, 0.4) is 0 Å². The molecular formula is C28H25N3O4S. The van der Waals surface area contributed by atoms with Gasteiger partial charge in [0.25, 0.3) is 0 Å². The number of methoxy groups -OCH3 is 1. The summed E-state index contributed by atoms with van der Waals surface area (Å²) in [5.74, 6) is 1.61. The molecule has 1 saturated heterocycles. The molecule has 0 saturated carbocycles. The molecule has 4 aromatic rings. The molecule has 0 radical (unpaired) electrons. The number of thiocarbonyl (C=S) groups is 1. The number of rotatable bonds is 7. The van der Waals surface area contributed by atoms with Gasteiger partial charge in [0, 0.05) is 17.4 Å². The van der Waals surface area contributed by atoms with Crippen molar-refractivity contribution in [3.8, 4) is 17.1 Å². The van der Waals surface area contributed by atoms with E-state index in [1.807, 2.05) is 78.6 Å². The third kappa shape index (κ3) is 4.43. The Bertz CT molecular complexity index is 1370. The van der Waals surface area contributed by atoms with Crippen molar-refractivity contribution >= 4 is 29.0 Å². The second-order valence-corrected chi connectivity index (χ2v) is 8.55. The molecule has 5 rings (SSSR count). The molecule has 2 atom stereocenters. The molecule has 182 valence electrons. The zero-order valence-corrected chi connectivity index (χ0v) is 20.7. The molecule has 0 aliphatic carbocycles. The van der Waals surface area contributed by atoms with Crippen LogP contribution in [-0.2, 0) is 4.74 Å². The lowest BCUT2D eigenvalue weighted by atomic mass is 10.0. The summed E-state index contributed by atoms with van der Waals surface area (Å²) in [5.41, 5.74) is 2.83. The van der Waals surface area contributed by atoms with Gasteiger partial charge in [0.1, 0.15) is 23.3 Å². The van der Waals surface area contributed by atoms with Gasteiger partial charge in [0.2, 0.25) is 0 Å². The van der Waals surface area contributed by atoms with Crippen molar-refractivity contribution in [3.05, 3.63) is 102 Å². The first kappa shape index (κ1) is 23.6. The average Bonchev–Trinajstić information content (AvgIpc) is 3.54. The highest BCUT2D eigenvalue weighted by Gasteiger charge is 2.42. The summed E-state index contributed by atoms with van der Waals surface area (Å²) in [4.78, 5) is 19.0. The standard InChI is InChI=1S/C28H25N3O4S/c1-3-34-19-13-11-18(12-14-19)31-26(25(30-28(31)36)22-10-6-7-17-29-22)24-16-15-23(35-24)20-8-4-5-9-21(20)27(32)33-2/h4-17,25-26H,3H2,1-2H3,(H,30,36)/t25-,26+/m0/s1. The second-order valence-electron chi connectivity index (χ2n) is 8.16. The first-order valence-corrected chi connectivity index (χ1v) is 12.0. The normalized spacial score (nSPS) is 17.1. The molecule has 2 aromatic heterocycles. The van der Waals surface area contributed by atoms with Gasteiger partial charge in [-0.3, -0.25) is 4.98 Å². The number of esters is 1. The van der Waals surface area contributed by atoms with Crippen LogP contribution in [0.4, 0.5) is 5.69 Å². The molecule has 7 nitrogen and oxygen atoms in total. The van der Waals surface area contributed by atoms with E-state index in [4.69, 9.17) is 26.1 Å². The van der Waals surface area contributed by atoms with Crippen molar-refractivity contribution in [1.82, 2.24) is 10.3 Å². The number of hydrogen-bond acceptors (Lipinski definition) is 6. The molecule has 1 N–H and O–H groups in total. The van der Waals surface area contributed by atoms with Gasteiger partial charge in [-0.05, 0) is 73.7 Å². The van der Waals surface area contributed by atoms with Crippen molar-refractivity contribution in [1.29, 1.82) is 0 Å². The van der Waals surface area contributed by atoms with Gasteiger partial charge >= 0.3 is 5.97 Å². The number of nitrogens with one attached hydrogen (secondary N) is 1. The monoisotopic (exact) mass is 499 g/mol. The Balaban J connectivity index is 1.58. The lowest BCUT2D eigenvalue weighted by Crippen LogP contribution is -2.29. The lowest BCUT2D eigenvalue weighted by molar-refractivity contribution is 0.0601. The first-order valence-electron chi connectivity index (χ1n) is 11.6. The fourth-order valence-corrected chi connectivity index (χ4v) is 4.78. The number of anilines is 1. The van der Waals surface area contributed by atoms with E-state index in [9.17, 15) is 4.79 Å². The molecular weight excluding hydrogens is 474 g/mol. The van der Waals surface area contributed by atoms with E-state index >= 15 is 0 Å². The van der Waals surface area contributed by atoms with E-state index < -0.39 is 5.97 Å². The van der Waals surface area contributed by atoms with E-state index in [0.29, 0.717) is 34.4 Å². The van der Waals surface area contributed by atoms with Crippen LogP contribution < -0.4 is 15.0 Å². The number of hydrogen-bond donors (Lipinski definition) is 1. The zero-order chi connectivity index (χ0) is 25.1. The van der Waals surface area contributed by atoms with E-state index in [1.165, 1.54) is 7.11 Å². The summed E-state index contributed by atoms with van der Waals surface area (Å²) in [5, 5.41) is 3.99. The number of carbonyl (C=O) groups is 1. The molecule has 2 aromatic carbocycles. The van der Waals surface area contributed by atoms with Crippen molar-refractivity contribution < 1.29 is 18.7 Å². The molecule has 1 aliphatic heterocycles. The van der Waals surface area contributed by atoms with Crippen LogP contribution in [0.25, 0.3) is 11.3 Å². The molecule has 36 heavy (non-hydrogen) atoms. The maximum Gasteiger partial charge on any atom is 0.338 e. The Hall–Kier alpha value is -4.17. The number of carbonyl (C=O) groups excluding carboxylic acids is 1. The first-order chi connectivity index (χ1) is 17.6. The summed E-state index contributed by atoms with van der Waals surface area (Å²) in [6, 6.07) is 24.0. The third-order valence-electron chi connectivity index (χ3n) is 6.04. The Labute approximate surface area is 214 Å². The summed E-state index contributed by atoms with van der Waals surface area (Å²) >= 11 is 5.78. The van der Waals surface area contributed by atoms with Gasteiger partial charge in [0.15, 0.2) is 5.11 Å². The van der Waals surface area contributed by atoms with Crippen LogP contribution in [0.1, 0.15) is 40.8 Å². The minimum absolute atomic E-state index is 0.250. The highest BCUT2D eigenvalue weighted by atomic mass is 32.1. The summed E-state index contributed by atoms with van der Waals surface area (Å²) in [6.45, 7) is 2.55. The predicted molar refractivity (Wildman–Crippen MR) is 141 cm³/mol. The van der Waals surface area contributed by atoms with Gasteiger partial charge in [-0.1, -0.05) is 24.3 Å². The Morgan fingerprint density at radius 2 is 1.83 bits per heavy atom. The van der Waals surface area contributed by atoms with Crippen molar-refractivity contribution in [3.63, 3.8) is 0 Å². The molecule has 8 heteroatoms. The Kier molecular flexibility index (Phi) is 6.69. The van der Waals surface area contributed by atoms with Crippen LogP contribution in [0.5, 0.6) is 5.75 Å². The molecule has 1 fully saturated rings. The minimum atomic E-state index is -0.422. The van der Waals surface area contributed by atoms with Gasteiger partial charge in [-0.15, -0.1) is 0 Å². The largest absolute Gasteiger partial charge is 0.494 e. The SMILES string of the molecule is CCOc1ccc(N2C(=S)N[C@@H](c3ccccn3)[C@H]2c2ccc(-c3ccccc3C(=O)OC)o2)cc1. The van der Waals surface area contributed by atoms with Gasteiger partial charge in [-0.2, -0.15) is 0 Å². The highest BCUT2D eigenvalue weighted by Crippen LogP contribution is 2.43. The smallest absolute Gasteiger partial charge is 0.338 e. The minimum Gasteiger partial charge on any atom is -0.494 e. The quantitative estimate of drug-likeness (QED) is 0.256. The van der Waals surface area contributed by atoms with Gasteiger partial charge in [0.05, 0.1) is 31.0 Å². The summed E-state index contributed by atoms with van der Waals surface area (Å²) < 4.78 is 17.0. The van der Waals surface area contributed by atoms with Gasteiger partial charge in [-0.25, -0.2) is 4.79 Å². The van der Waals surface area contributed by atoms with Crippen LogP contribution in [0.15, 0.2) is 89.5 Å². The summed E-state index contributed by atoms with van der Waals surface area (Å²) in [6.07, 6.45) is 1.76. The van der Waals surface area contributed by atoms with Crippen LogP contribution in [-0.4, -0.2) is 29.8 Å². The van der Waals surface area contributed by atoms with Crippen LogP contribution >= 0.6 is 12.2 Å². The van der Waals surface area contributed by atoms with Crippen molar-refractivity contribution in [2.75, 3.05) is 18.6 Å². The Morgan fingerprint density at radius 3 is 2.56 bits per heavy atom. The Morgan fingerprint density at radius 1 is 1.06 bits per heavy atom. The molecule has 1 aliphatic rings. The number of ether oxygens (including phenoxy) is 2. The van der Waals surface area contributed by atoms with Crippen LogP contribution in [0.2, 0.25) is 0 Å². The predicted octanol–water partition coefficient (Wildman–Crippen LogP) is 5.70. The maximum absolute atomic E-state index is 12.3. The molecule has 3 heterocycles. The van der Waals surface area contributed by atoms with E-state index in [1.54, 1.807) is 18.3 Å². The topological polar surface area (TPSA) is 76.8 Å². The number of furan rings is 1. The number of pyridine rings is 1. The summed E-state index contributed by atoms with van der Waals surface area (Å²) in [7, 11) is 1.37. The maximum atomic E-state index is 12.3. The molecule has 0 amide bonds. The second kappa shape index (κ2) is 10.2. The highest BCUT2D eigenvalue weighted by molar-refractivity contribution is 7.80. The van der Waals surface area contributed by atoms with Crippen molar-refractivity contribution in [2.24, 2.45) is 0 Å². The van der Waals surface area contributed by atoms with Crippen molar-refractivity contribution in [2.45, 2.75) is 19.0 Å². The molecule has 0 spiro atoms.